The lowest BCUT2D eigenvalue weighted by Crippen LogP contribution is -2.37. The molecular weight excluding hydrogens is 383 g/mol. The van der Waals surface area contributed by atoms with E-state index in [1.807, 2.05) is 26.0 Å². The van der Waals surface area contributed by atoms with Gasteiger partial charge in [0.1, 0.15) is 6.54 Å². The third-order valence-corrected chi connectivity index (χ3v) is 5.70. The van der Waals surface area contributed by atoms with E-state index in [4.69, 9.17) is 23.2 Å². The molecule has 134 valence electrons. The molecule has 0 aliphatic heterocycles. The normalized spacial score (nSPS) is 11.2. The third-order valence-electron chi connectivity index (χ3n) is 3.77. The van der Waals surface area contributed by atoms with Gasteiger partial charge in [-0.25, -0.2) is 8.42 Å². The van der Waals surface area contributed by atoms with E-state index in [0.717, 1.165) is 21.7 Å². The summed E-state index contributed by atoms with van der Waals surface area (Å²) in [6.45, 7) is 3.40. The largest absolute Gasteiger partial charge is 0.324 e. The number of sulfonamides is 1. The fourth-order valence-corrected chi connectivity index (χ4v) is 3.58. The molecule has 5 nitrogen and oxygen atoms in total. The highest BCUT2D eigenvalue weighted by molar-refractivity contribution is 7.92. The number of benzene rings is 2. The van der Waals surface area contributed by atoms with Crippen LogP contribution in [0, 0.1) is 13.8 Å². The maximum Gasteiger partial charge on any atom is 0.245 e. The van der Waals surface area contributed by atoms with Crippen molar-refractivity contribution in [1.29, 1.82) is 0 Å². The highest BCUT2D eigenvalue weighted by Gasteiger charge is 2.24. The van der Waals surface area contributed by atoms with Gasteiger partial charge in [0.15, 0.2) is 0 Å². The summed E-state index contributed by atoms with van der Waals surface area (Å²) in [6, 6.07) is 10.1. The summed E-state index contributed by atoms with van der Waals surface area (Å²) in [5.41, 5.74) is 2.74. The molecule has 0 aliphatic carbocycles. The summed E-state index contributed by atoms with van der Waals surface area (Å²) in [4.78, 5) is 12.4. The molecule has 0 saturated carbocycles. The average molecular weight is 401 g/mol. The van der Waals surface area contributed by atoms with E-state index in [1.54, 1.807) is 18.2 Å². The summed E-state index contributed by atoms with van der Waals surface area (Å²) in [5.74, 6) is -0.477. The number of rotatable bonds is 5. The molecule has 2 aromatic rings. The Hall–Kier alpha value is -1.76. The zero-order valence-electron chi connectivity index (χ0n) is 14.0. The molecule has 25 heavy (non-hydrogen) atoms. The van der Waals surface area contributed by atoms with Gasteiger partial charge in [0, 0.05) is 5.69 Å². The third kappa shape index (κ3) is 4.66. The van der Waals surface area contributed by atoms with Crippen LogP contribution in [-0.4, -0.2) is 27.1 Å². The van der Waals surface area contributed by atoms with Crippen LogP contribution in [0.15, 0.2) is 36.4 Å². The number of anilines is 2. The Labute approximate surface area is 157 Å². The molecule has 0 aromatic heterocycles. The fraction of sp³-hybridized carbons (Fsp3) is 0.235. The van der Waals surface area contributed by atoms with E-state index < -0.39 is 22.5 Å². The summed E-state index contributed by atoms with van der Waals surface area (Å²) in [5, 5.41) is 3.03. The predicted octanol–water partition coefficient (Wildman–Crippen LogP) is 4.01. The van der Waals surface area contributed by atoms with Gasteiger partial charge >= 0.3 is 0 Å². The lowest BCUT2D eigenvalue weighted by molar-refractivity contribution is -0.114. The summed E-state index contributed by atoms with van der Waals surface area (Å²) in [6.07, 6.45) is 1.01. The SMILES string of the molecule is Cc1cccc(NC(=O)CN(c2cccc(Cl)c2Cl)S(C)(=O)=O)c1C. The second-order valence-corrected chi connectivity index (χ2v) is 8.33. The molecule has 0 bridgehead atoms. The van der Waals surface area contributed by atoms with E-state index in [0.29, 0.717) is 5.69 Å². The molecule has 1 amide bonds. The molecule has 8 heteroatoms. The molecule has 0 atom stereocenters. The van der Waals surface area contributed by atoms with E-state index in [2.05, 4.69) is 5.32 Å². The summed E-state index contributed by atoms with van der Waals surface area (Å²) in [7, 11) is -3.73. The number of nitrogens with one attached hydrogen (secondary N) is 1. The number of amides is 1. The molecule has 0 heterocycles. The van der Waals surface area contributed by atoms with E-state index in [-0.39, 0.29) is 15.7 Å². The molecule has 2 rings (SSSR count). The number of hydrogen-bond donors (Lipinski definition) is 1. The molecule has 0 spiro atoms. The summed E-state index contributed by atoms with van der Waals surface area (Å²) < 4.78 is 25.2. The Morgan fingerprint density at radius 1 is 1.12 bits per heavy atom. The van der Waals surface area contributed by atoms with Crippen molar-refractivity contribution < 1.29 is 13.2 Å². The van der Waals surface area contributed by atoms with Crippen LogP contribution in [0.4, 0.5) is 11.4 Å². The van der Waals surface area contributed by atoms with Gasteiger partial charge in [-0.3, -0.25) is 9.10 Å². The lowest BCUT2D eigenvalue weighted by atomic mass is 10.1. The smallest absolute Gasteiger partial charge is 0.245 e. The number of nitrogens with zero attached hydrogens (tertiary/aromatic N) is 1. The number of carbonyl (C=O) groups excluding carboxylic acids is 1. The molecule has 0 saturated heterocycles. The standard InChI is InChI=1S/C17H18Cl2N2O3S/c1-11-6-4-8-14(12(11)2)20-16(22)10-21(25(3,23)24)15-9-5-7-13(18)17(15)19/h4-9H,10H2,1-3H3,(H,20,22). The number of aryl methyl sites for hydroxylation is 1. The Morgan fingerprint density at radius 2 is 1.76 bits per heavy atom. The molecule has 0 unspecified atom stereocenters. The zero-order chi connectivity index (χ0) is 18.8. The van der Waals surface area contributed by atoms with Gasteiger partial charge in [-0.1, -0.05) is 41.4 Å². The monoisotopic (exact) mass is 400 g/mol. The topological polar surface area (TPSA) is 66.5 Å². The minimum atomic E-state index is -3.73. The van der Waals surface area contributed by atoms with Gasteiger partial charge < -0.3 is 5.32 Å². The predicted molar refractivity (Wildman–Crippen MR) is 103 cm³/mol. The average Bonchev–Trinajstić information content (AvgIpc) is 2.51. The van der Waals surface area contributed by atoms with Crippen LogP contribution in [0.2, 0.25) is 10.0 Å². The minimum absolute atomic E-state index is 0.0779. The molecule has 0 aliphatic rings. The summed E-state index contributed by atoms with van der Waals surface area (Å²) >= 11 is 12.1. The first-order chi connectivity index (χ1) is 11.6. The van der Waals surface area contributed by atoms with Crippen molar-refractivity contribution in [2.45, 2.75) is 13.8 Å². The second-order valence-electron chi connectivity index (χ2n) is 5.64. The molecule has 1 N–H and O–H groups in total. The number of halogens is 2. The lowest BCUT2D eigenvalue weighted by Gasteiger charge is -2.23. The highest BCUT2D eigenvalue weighted by Crippen LogP contribution is 2.33. The first-order valence-corrected chi connectivity index (χ1v) is 9.99. The second kappa shape index (κ2) is 7.64. The van der Waals surface area contributed by atoms with Gasteiger partial charge in [0.05, 0.1) is 22.0 Å². The van der Waals surface area contributed by atoms with Crippen LogP contribution in [0.25, 0.3) is 0 Å². The van der Waals surface area contributed by atoms with Gasteiger partial charge in [-0.05, 0) is 43.2 Å². The van der Waals surface area contributed by atoms with Crippen molar-refractivity contribution in [3.8, 4) is 0 Å². The van der Waals surface area contributed by atoms with Crippen molar-refractivity contribution >= 4 is 50.5 Å². The van der Waals surface area contributed by atoms with E-state index in [9.17, 15) is 13.2 Å². The van der Waals surface area contributed by atoms with Crippen LogP contribution in [-0.2, 0) is 14.8 Å². The Morgan fingerprint density at radius 3 is 2.40 bits per heavy atom. The van der Waals surface area contributed by atoms with Crippen LogP contribution in [0.5, 0.6) is 0 Å². The fourth-order valence-electron chi connectivity index (χ4n) is 2.27. The van der Waals surface area contributed by atoms with Crippen molar-refractivity contribution in [2.24, 2.45) is 0 Å². The quantitative estimate of drug-likeness (QED) is 0.823. The van der Waals surface area contributed by atoms with E-state index in [1.165, 1.54) is 6.07 Å². The van der Waals surface area contributed by atoms with Gasteiger partial charge in [0.2, 0.25) is 15.9 Å². The maximum absolute atomic E-state index is 12.4. The van der Waals surface area contributed by atoms with Crippen LogP contribution < -0.4 is 9.62 Å². The molecular formula is C17H18Cl2N2O3S. The van der Waals surface area contributed by atoms with Crippen molar-refractivity contribution in [3.63, 3.8) is 0 Å². The first-order valence-electron chi connectivity index (χ1n) is 7.39. The minimum Gasteiger partial charge on any atom is -0.324 e. The number of hydrogen-bond acceptors (Lipinski definition) is 3. The van der Waals surface area contributed by atoms with E-state index >= 15 is 0 Å². The van der Waals surface area contributed by atoms with Crippen LogP contribution >= 0.6 is 23.2 Å². The maximum atomic E-state index is 12.4. The van der Waals surface area contributed by atoms with Crippen molar-refractivity contribution in [3.05, 3.63) is 57.6 Å². The first kappa shape index (κ1) is 19.6. The molecule has 0 radical (unpaired) electrons. The van der Waals surface area contributed by atoms with Crippen molar-refractivity contribution in [1.82, 2.24) is 0 Å². The Bertz CT molecular complexity index is 914. The number of carbonyl (C=O) groups is 1. The Kier molecular flexibility index (Phi) is 5.98. The van der Waals surface area contributed by atoms with Gasteiger partial charge in [0.25, 0.3) is 0 Å². The molecule has 0 fully saturated rings. The van der Waals surface area contributed by atoms with Crippen LogP contribution in [0.3, 0.4) is 0 Å². The van der Waals surface area contributed by atoms with Gasteiger partial charge in [-0.2, -0.15) is 0 Å². The van der Waals surface area contributed by atoms with Crippen molar-refractivity contribution in [2.75, 3.05) is 22.4 Å². The van der Waals surface area contributed by atoms with Crippen LogP contribution in [0.1, 0.15) is 11.1 Å². The Balaban J connectivity index is 2.31. The molecule has 2 aromatic carbocycles. The zero-order valence-corrected chi connectivity index (χ0v) is 16.3. The van der Waals surface area contributed by atoms with Gasteiger partial charge in [-0.15, -0.1) is 0 Å². The highest BCUT2D eigenvalue weighted by atomic mass is 35.5.